The summed E-state index contributed by atoms with van der Waals surface area (Å²) in [7, 11) is 0. The number of fused-ring (bicyclic) bond motifs is 5. The molecular weight excluding hydrogens is 288 g/mol. The van der Waals surface area contributed by atoms with Gasteiger partial charge in [0.2, 0.25) is 0 Å². The molecule has 2 saturated carbocycles. The van der Waals surface area contributed by atoms with Crippen molar-refractivity contribution >= 4 is 5.78 Å². The molecule has 0 radical (unpaired) electrons. The van der Waals surface area contributed by atoms with Crippen LogP contribution in [0.2, 0.25) is 0 Å². The first-order chi connectivity index (χ1) is 10.9. The van der Waals surface area contributed by atoms with Gasteiger partial charge in [0.1, 0.15) is 5.75 Å². The van der Waals surface area contributed by atoms with E-state index in [4.69, 9.17) is 0 Å². The van der Waals surface area contributed by atoms with Crippen molar-refractivity contribution in [3.8, 4) is 5.75 Å². The van der Waals surface area contributed by atoms with Crippen molar-refractivity contribution in [3.05, 3.63) is 28.8 Å². The van der Waals surface area contributed by atoms with Gasteiger partial charge >= 0.3 is 0 Å². The summed E-state index contributed by atoms with van der Waals surface area (Å²) in [5, 5.41) is 20.5. The minimum atomic E-state index is -0.151. The standard InChI is InChI=1S/C20H26O3/c1-11(21)15-10-16-12(9-18(15)22)3-4-14-13(16)7-8-20(2)17(14)5-6-19(20)23/h9-10,13-14,17,19,22-23H,3-8H2,1-2H3/t13-,14+,17-,19-,20-/m0/s1. The van der Waals surface area contributed by atoms with Crippen molar-refractivity contribution in [3.63, 3.8) is 0 Å². The third-order valence-corrected chi connectivity index (χ3v) is 7.17. The Morgan fingerprint density at radius 1 is 1.22 bits per heavy atom. The molecule has 0 heterocycles. The molecule has 23 heavy (non-hydrogen) atoms. The van der Waals surface area contributed by atoms with Gasteiger partial charge < -0.3 is 10.2 Å². The molecule has 0 aromatic heterocycles. The van der Waals surface area contributed by atoms with Gasteiger partial charge in [0.05, 0.1) is 11.7 Å². The summed E-state index contributed by atoms with van der Waals surface area (Å²) in [4.78, 5) is 11.8. The zero-order chi connectivity index (χ0) is 16.4. The molecule has 0 spiro atoms. The number of aliphatic hydroxyl groups is 1. The second kappa shape index (κ2) is 5.07. The van der Waals surface area contributed by atoms with Crippen molar-refractivity contribution in [2.75, 3.05) is 0 Å². The van der Waals surface area contributed by atoms with E-state index < -0.39 is 0 Å². The SMILES string of the molecule is CC(=O)c1cc2c(cc1O)CC[C@@H]1[C@@H]2CC[C@]2(C)[C@@H](O)CC[C@@H]12. The highest BCUT2D eigenvalue weighted by Gasteiger charge is 2.54. The van der Waals surface area contributed by atoms with Crippen LogP contribution in [0.1, 0.15) is 73.4 Å². The second-order valence-electron chi connectivity index (χ2n) is 8.18. The summed E-state index contributed by atoms with van der Waals surface area (Å²) < 4.78 is 0. The number of aliphatic hydroxyl groups excluding tert-OH is 1. The quantitative estimate of drug-likeness (QED) is 0.775. The monoisotopic (exact) mass is 314 g/mol. The van der Waals surface area contributed by atoms with Crippen LogP contribution in [0.15, 0.2) is 12.1 Å². The Morgan fingerprint density at radius 3 is 2.74 bits per heavy atom. The fourth-order valence-electron chi connectivity index (χ4n) is 5.86. The molecule has 0 aliphatic heterocycles. The van der Waals surface area contributed by atoms with Gasteiger partial charge in [0.15, 0.2) is 5.78 Å². The van der Waals surface area contributed by atoms with Crippen LogP contribution in [0.5, 0.6) is 5.75 Å². The molecule has 3 heteroatoms. The van der Waals surface area contributed by atoms with Crippen molar-refractivity contribution in [2.45, 2.75) is 64.4 Å². The topological polar surface area (TPSA) is 57.5 Å². The van der Waals surface area contributed by atoms with E-state index in [0.29, 0.717) is 23.3 Å². The molecule has 0 unspecified atom stereocenters. The van der Waals surface area contributed by atoms with E-state index in [2.05, 4.69) is 6.92 Å². The number of carbonyl (C=O) groups excluding carboxylic acids is 1. The lowest BCUT2D eigenvalue weighted by Crippen LogP contribution is -2.43. The van der Waals surface area contributed by atoms with Crippen molar-refractivity contribution in [1.29, 1.82) is 0 Å². The number of benzene rings is 1. The van der Waals surface area contributed by atoms with Gasteiger partial charge in [-0.25, -0.2) is 0 Å². The number of phenols is 1. The summed E-state index contributed by atoms with van der Waals surface area (Å²) in [5.74, 6) is 1.76. The first kappa shape index (κ1) is 15.2. The number of aromatic hydroxyl groups is 1. The average molecular weight is 314 g/mol. The van der Waals surface area contributed by atoms with E-state index in [-0.39, 0.29) is 23.1 Å². The van der Waals surface area contributed by atoms with Crippen LogP contribution in [0.3, 0.4) is 0 Å². The molecule has 4 rings (SSSR count). The predicted octanol–water partition coefficient (Wildman–Crippen LogP) is 3.81. The smallest absolute Gasteiger partial charge is 0.163 e. The van der Waals surface area contributed by atoms with Crippen LogP contribution < -0.4 is 0 Å². The Labute approximate surface area is 137 Å². The van der Waals surface area contributed by atoms with Crippen LogP contribution >= 0.6 is 0 Å². The van der Waals surface area contributed by atoms with E-state index in [9.17, 15) is 15.0 Å². The van der Waals surface area contributed by atoms with Crippen molar-refractivity contribution in [2.24, 2.45) is 17.3 Å². The Balaban J connectivity index is 1.74. The summed E-state index contributed by atoms with van der Waals surface area (Å²) in [5.41, 5.74) is 3.05. The Kier molecular flexibility index (Phi) is 3.35. The predicted molar refractivity (Wildman–Crippen MR) is 88.7 cm³/mol. The van der Waals surface area contributed by atoms with E-state index in [1.807, 2.05) is 12.1 Å². The fourth-order valence-corrected chi connectivity index (χ4v) is 5.86. The second-order valence-corrected chi connectivity index (χ2v) is 8.18. The largest absolute Gasteiger partial charge is 0.507 e. The molecular formula is C20H26O3. The number of Topliss-reactive ketones (excluding diaryl/α,β-unsaturated/α-hetero) is 1. The third kappa shape index (κ3) is 2.09. The van der Waals surface area contributed by atoms with Gasteiger partial charge in [0, 0.05) is 0 Å². The maximum absolute atomic E-state index is 11.8. The fraction of sp³-hybridized carbons (Fsp3) is 0.650. The first-order valence-electron chi connectivity index (χ1n) is 8.96. The number of aryl methyl sites for hydroxylation is 1. The third-order valence-electron chi connectivity index (χ3n) is 7.17. The van der Waals surface area contributed by atoms with Gasteiger partial charge in [-0.3, -0.25) is 4.79 Å². The first-order valence-corrected chi connectivity index (χ1v) is 8.96. The van der Waals surface area contributed by atoms with Crippen LogP contribution in [0.4, 0.5) is 0 Å². The number of carbonyl (C=O) groups is 1. The lowest BCUT2D eigenvalue weighted by molar-refractivity contribution is -0.0226. The zero-order valence-electron chi connectivity index (χ0n) is 14.0. The molecule has 5 atom stereocenters. The lowest BCUT2D eigenvalue weighted by Gasteiger charge is -2.50. The van der Waals surface area contributed by atoms with E-state index in [1.54, 1.807) is 0 Å². The normalized spacial score (nSPS) is 38.6. The maximum Gasteiger partial charge on any atom is 0.163 e. The highest BCUT2D eigenvalue weighted by Crippen LogP contribution is 2.61. The Hall–Kier alpha value is -1.35. The number of rotatable bonds is 1. The molecule has 3 nitrogen and oxygen atoms in total. The molecule has 0 amide bonds. The molecule has 3 aliphatic carbocycles. The van der Waals surface area contributed by atoms with Gasteiger partial charge in [-0.05, 0) is 91.9 Å². The summed E-state index contributed by atoms with van der Waals surface area (Å²) in [6.45, 7) is 3.80. The number of phenolic OH excluding ortho intramolecular Hbond substituents is 1. The van der Waals surface area contributed by atoms with Gasteiger partial charge in [-0.1, -0.05) is 6.92 Å². The van der Waals surface area contributed by atoms with Crippen molar-refractivity contribution < 1.29 is 15.0 Å². The Bertz CT molecular complexity index is 665. The number of ketones is 1. The van der Waals surface area contributed by atoms with E-state index >= 15 is 0 Å². The molecule has 2 N–H and O–H groups in total. The maximum atomic E-state index is 11.8. The molecule has 0 saturated heterocycles. The highest BCUT2D eigenvalue weighted by atomic mass is 16.3. The number of hydrogen-bond donors (Lipinski definition) is 2. The average Bonchev–Trinajstić information content (AvgIpc) is 2.81. The van der Waals surface area contributed by atoms with Crippen LogP contribution in [-0.2, 0) is 6.42 Å². The summed E-state index contributed by atoms with van der Waals surface area (Å²) in [6, 6.07) is 3.78. The zero-order valence-corrected chi connectivity index (χ0v) is 14.0. The van der Waals surface area contributed by atoms with Gasteiger partial charge in [-0.15, -0.1) is 0 Å². The number of hydrogen-bond acceptors (Lipinski definition) is 3. The minimum absolute atomic E-state index is 0.0654. The van der Waals surface area contributed by atoms with Gasteiger partial charge in [0.25, 0.3) is 0 Å². The molecule has 0 bridgehead atoms. The van der Waals surface area contributed by atoms with Crippen molar-refractivity contribution in [1.82, 2.24) is 0 Å². The molecule has 2 fully saturated rings. The summed E-state index contributed by atoms with van der Waals surface area (Å²) >= 11 is 0. The van der Waals surface area contributed by atoms with Gasteiger partial charge in [-0.2, -0.15) is 0 Å². The molecule has 1 aromatic carbocycles. The van der Waals surface area contributed by atoms with Crippen LogP contribution in [0.25, 0.3) is 0 Å². The highest BCUT2D eigenvalue weighted by molar-refractivity contribution is 5.97. The lowest BCUT2D eigenvalue weighted by atomic mass is 9.55. The molecule has 3 aliphatic rings. The van der Waals surface area contributed by atoms with Crippen LogP contribution in [-0.4, -0.2) is 22.1 Å². The molecule has 124 valence electrons. The van der Waals surface area contributed by atoms with E-state index in [1.165, 1.54) is 18.1 Å². The summed E-state index contributed by atoms with van der Waals surface area (Å²) in [6.07, 6.45) is 6.19. The Morgan fingerprint density at radius 2 is 2.00 bits per heavy atom. The van der Waals surface area contributed by atoms with E-state index in [0.717, 1.165) is 38.5 Å². The van der Waals surface area contributed by atoms with Crippen LogP contribution in [0, 0.1) is 17.3 Å². The molecule has 1 aromatic rings. The minimum Gasteiger partial charge on any atom is -0.507 e.